The van der Waals surface area contributed by atoms with Crippen LogP contribution in [0.2, 0.25) is 5.02 Å². The molecule has 4 heteroatoms. The zero-order chi connectivity index (χ0) is 17.1. The van der Waals surface area contributed by atoms with Crippen molar-refractivity contribution in [1.29, 1.82) is 0 Å². The van der Waals surface area contributed by atoms with Gasteiger partial charge >= 0.3 is 0 Å². The predicted octanol–water partition coefficient (Wildman–Crippen LogP) is 4.91. The van der Waals surface area contributed by atoms with Crippen LogP contribution in [0.1, 0.15) is 36.1 Å². The third-order valence-corrected chi connectivity index (χ3v) is 5.64. The molecule has 3 rings (SSSR count). The Balaban J connectivity index is 1.83. The van der Waals surface area contributed by atoms with Gasteiger partial charge in [-0.1, -0.05) is 49.7 Å². The summed E-state index contributed by atoms with van der Waals surface area (Å²) in [5, 5.41) is 4.41. The molecule has 1 saturated heterocycles. The van der Waals surface area contributed by atoms with Gasteiger partial charge in [-0.25, -0.2) is 0 Å². The zero-order valence-electron chi connectivity index (χ0n) is 14.2. The van der Waals surface area contributed by atoms with Crippen LogP contribution in [0.25, 0.3) is 0 Å². The lowest BCUT2D eigenvalue weighted by Crippen LogP contribution is -2.53. The third-order valence-electron chi connectivity index (χ3n) is 4.75. The van der Waals surface area contributed by atoms with Crippen LogP contribution >= 0.6 is 24.2 Å². The Morgan fingerprint density at radius 3 is 2.29 bits per heavy atom. The van der Waals surface area contributed by atoms with Crippen molar-refractivity contribution in [3.63, 3.8) is 0 Å². The molecule has 1 fully saturated rings. The predicted molar refractivity (Wildman–Crippen MR) is 108 cm³/mol. The second-order valence-electron chi connectivity index (χ2n) is 6.71. The molecular formula is C20H25ClN2S. The smallest absolute Gasteiger partial charge is 0.0572 e. The SMILES string of the molecule is CC(C)c1ccc(N2CCNCC2C(S)c2ccc(Cl)cc2)cc1. The summed E-state index contributed by atoms with van der Waals surface area (Å²) in [6.45, 7) is 7.39. The quantitative estimate of drug-likeness (QED) is 0.753. The van der Waals surface area contributed by atoms with Crippen LogP contribution in [-0.2, 0) is 0 Å². The van der Waals surface area contributed by atoms with E-state index in [0.29, 0.717) is 12.0 Å². The maximum atomic E-state index is 6.02. The monoisotopic (exact) mass is 360 g/mol. The first-order valence-electron chi connectivity index (χ1n) is 8.57. The number of hydrogen-bond acceptors (Lipinski definition) is 3. The van der Waals surface area contributed by atoms with Gasteiger partial charge in [-0.2, -0.15) is 12.6 Å². The second kappa shape index (κ2) is 7.81. The number of benzene rings is 2. The Morgan fingerprint density at radius 2 is 1.67 bits per heavy atom. The highest BCUT2D eigenvalue weighted by Crippen LogP contribution is 2.32. The van der Waals surface area contributed by atoms with E-state index in [1.165, 1.54) is 16.8 Å². The van der Waals surface area contributed by atoms with E-state index >= 15 is 0 Å². The molecule has 2 aromatic carbocycles. The molecule has 0 saturated carbocycles. The highest BCUT2D eigenvalue weighted by molar-refractivity contribution is 7.80. The summed E-state index contributed by atoms with van der Waals surface area (Å²) >= 11 is 11.0. The van der Waals surface area contributed by atoms with Gasteiger partial charge in [0.25, 0.3) is 0 Å². The van der Waals surface area contributed by atoms with Gasteiger partial charge in [0.15, 0.2) is 0 Å². The maximum Gasteiger partial charge on any atom is 0.0572 e. The van der Waals surface area contributed by atoms with E-state index in [1.807, 2.05) is 12.1 Å². The number of thiol groups is 1. The van der Waals surface area contributed by atoms with Crippen LogP contribution in [0, 0.1) is 0 Å². The topological polar surface area (TPSA) is 15.3 Å². The molecule has 1 aliphatic heterocycles. The van der Waals surface area contributed by atoms with E-state index in [9.17, 15) is 0 Å². The molecule has 0 aliphatic carbocycles. The highest BCUT2D eigenvalue weighted by Gasteiger charge is 2.29. The Morgan fingerprint density at radius 1 is 1.04 bits per heavy atom. The number of anilines is 1. The number of hydrogen-bond donors (Lipinski definition) is 2. The molecular weight excluding hydrogens is 336 g/mol. The Hall–Kier alpha value is -1.16. The molecule has 0 spiro atoms. The molecule has 2 aromatic rings. The normalized spacial score (nSPS) is 19.5. The minimum atomic E-state index is 0.139. The molecule has 2 unspecified atom stereocenters. The fourth-order valence-corrected chi connectivity index (χ4v) is 3.83. The van der Waals surface area contributed by atoms with Gasteiger partial charge in [-0.3, -0.25) is 0 Å². The van der Waals surface area contributed by atoms with Gasteiger partial charge in [0.05, 0.1) is 6.04 Å². The van der Waals surface area contributed by atoms with Crippen molar-refractivity contribution in [2.24, 2.45) is 0 Å². The van der Waals surface area contributed by atoms with Crippen molar-refractivity contribution < 1.29 is 0 Å². The first-order valence-corrected chi connectivity index (χ1v) is 9.46. The lowest BCUT2D eigenvalue weighted by Gasteiger charge is -2.41. The first kappa shape index (κ1) is 17.7. The van der Waals surface area contributed by atoms with Crippen molar-refractivity contribution in [2.75, 3.05) is 24.5 Å². The Bertz CT molecular complexity index is 654. The summed E-state index contributed by atoms with van der Waals surface area (Å²) in [7, 11) is 0. The molecule has 1 aliphatic rings. The van der Waals surface area contributed by atoms with E-state index in [4.69, 9.17) is 24.2 Å². The second-order valence-corrected chi connectivity index (χ2v) is 7.70. The van der Waals surface area contributed by atoms with Crippen LogP contribution in [0.15, 0.2) is 48.5 Å². The molecule has 1 heterocycles. The lowest BCUT2D eigenvalue weighted by molar-refractivity contribution is 0.469. The van der Waals surface area contributed by atoms with Crippen LogP contribution in [0.5, 0.6) is 0 Å². The molecule has 0 aromatic heterocycles. The van der Waals surface area contributed by atoms with Crippen LogP contribution in [0.3, 0.4) is 0 Å². The van der Waals surface area contributed by atoms with Crippen molar-refractivity contribution in [2.45, 2.75) is 31.1 Å². The Kier molecular flexibility index (Phi) is 5.75. The van der Waals surface area contributed by atoms with Gasteiger partial charge in [-0.15, -0.1) is 0 Å². The zero-order valence-corrected chi connectivity index (χ0v) is 15.9. The number of nitrogens with zero attached hydrogens (tertiary/aromatic N) is 1. The molecule has 0 amide bonds. The van der Waals surface area contributed by atoms with Gasteiger partial charge in [0, 0.05) is 35.6 Å². The number of nitrogens with one attached hydrogen (secondary N) is 1. The molecule has 128 valence electrons. The van der Waals surface area contributed by atoms with E-state index in [1.54, 1.807) is 0 Å². The molecule has 2 nitrogen and oxygen atoms in total. The minimum Gasteiger partial charge on any atom is -0.365 e. The molecule has 1 N–H and O–H groups in total. The fraction of sp³-hybridized carbons (Fsp3) is 0.400. The number of rotatable bonds is 4. The molecule has 0 bridgehead atoms. The van der Waals surface area contributed by atoms with Gasteiger partial charge in [0.1, 0.15) is 0 Å². The van der Waals surface area contributed by atoms with Gasteiger partial charge in [0.2, 0.25) is 0 Å². The third kappa shape index (κ3) is 3.90. The van der Waals surface area contributed by atoms with Crippen LogP contribution < -0.4 is 10.2 Å². The van der Waals surface area contributed by atoms with E-state index in [-0.39, 0.29) is 5.25 Å². The van der Waals surface area contributed by atoms with Crippen LogP contribution in [-0.4, -0.2) is 25.7 Å². The summed E-state index contributed by atoms with van der Waals surface area (Å²) in [4.78, 5) is 2.48. The molecule has 0 radical (unpaired) electrons. The van der Waals surface area contributed by atoms with Crippen molar-refractivity contribution >= 4 is 29.9 Å². The average Bonchev–Trinajstić information content (AvgIpc) is 2.62. The number of halogens is 1. The molecule has 24 heavy (non-hydrogen) atoms. The van der Waals surface area contributed by atoms with Gasteiger partial charge in [-0.05, 0) is 41.3 Å². The first-order chi connectivity index (χ1) is 11.6. The lowest BCUT2D eigenvalue weighted by atomic mass is 9.99. The fourth-order valence-electron chi connectivity index (χ4n) is 3.26. The van der Waals surface area contributed by atoms with E-state index < -0.39 is 0 Å². The number of piperazine rings is 1. The standard InChI is InChI=1S/C20H25ClN2S/c1-14(2)15-5-9-18(10-6-15)23-12-11-22-13-19(23)20(24)16-3-7-17(21)8-4-16/h3-10,14,19-20,22,24H,11-13H2,1-2H3. The highest BCUT2D eigenvalue weighted by atomic mass is 35.5. The maximum absolute atomic E-state index is 6.02. The van der Waals surface area contributed by atoms with E-state index in [0.717, 1.165) is 24.7 Å². The van der Waals surface area contributed by atoms with Crippen molar-refractivity contribution in [3.05, 3.63) is 64.7 Å². The van der Waals surface area contributed by atoms with Crippen molar-refractivity contribution in [3.8, 4) is 0 Å². The average molecular weight is 361 g/mol. The minimum absolute atomic E-state index is 0.139. The summed E-state index contributed by atoms with van der Waals surface area (Å²) in [6.07, 6.45) is 0. The van der Waals surface area contributed by atoms with E-state index in [2.05, 4.69) is 60.5 Å². The molecule has 2 atom stereocenters. The largest absolute Gasteiger partial charge is 0.365 e. The van der Waals surface area contributed by atoms with Crippen LogP contribution in [0.4, 0.5) is 5.69 Å². The summed E-state index contributed by atoms with van der Waals surface area (Å²) in [5.74, 6) is 0.560. The van der Waals surface area contributed by atoms with Crippen molar-refractivity contribution in [1.82, 2.24) is 5.32 Å². The summed E-state index contributed by atoms with van der Waals surface area (Å²) < 4.78 is 0. The Labute approximate surface area is 155 Å². The summed E-state index contributed by atoms with van der Waals surface area (Å²) in [5.41, 5.74) is 3.87. The summed E-state index contributed by atoms with van der Waals surface area (Å²) in [6, 6.07) is 17.3. The van der Waals surface area contributed by atoms with Gasteiger partial charge < -0.3 is 10.2 Å².